The fourth-order valence-corrected chi connectivity index (χ4v) is 1.19. The van der Waals surface area contributed by atoms with Crippen molar-refractivity contribution >= 4 is 22.6 Å². The Morgan fingerprint density at radius 3 is 2.44 bits per heavy atom. The Morgan fingerprint density at radius 2 is 1.89 bits per heavy atom. The molecule has 1 aromatic rings. The normalized spacial score (nSPS) is 9.00. The van der Waals surface area contributed by atoms with E-state index in [1.54, 1.807) is 0 Å². The summed E-state index contributed by atoms with van der Waals surface area (Å²) in [5.41, 5.74) is 1.31. The van der Waals surface area contributed by atoms with Gasteiger partial charge >= 0.3 is 0 Å². The summed E-state index contributed by atoms with van der Waals surface area (Å²) in [5, 5.41) is 0. The first-order valence-electron chi connectivity index (χ1n) is 2.87. The van der Waals surface area contributed by atoms with Crippen molar-refractivity contribution in [3.63, 3.8) is 0 Å². The van der Waals surface area contributed by atoms with E-state index in [1.165, 1.54) is 5.56 Å². The maximum absolute atomic E-state index is 2.34. The van der Waals surface area contributed by atoms with Crippen molar-refractivity contribution in [2.24, 2.45) is 0 Å². The van der Waals surface area contributed by atoms with Gasteiger partial charge in [0, 0.05) is 18.6 Å². The maximum Gasteiger partial charge on any atom is 0.130 e. The summed E-state index contributed by atoms with van der Waals surface area (Å²) in [5.74, 6) is 0. The molecule has 1 heteroatoms. The van der Waals surface area contributed by atoms with Gasteiger partial charge in [-0.05, 0) is 18.2 Å². The SMILES string of the molecule is IC[CH+]c1ccccc1. The second-order valence-corrected chi connectivity index (χ2v) is 2.65. The fraction of sp³-hybridized carbons (Fsp3) is 0.125. The molecule has 0 aliphatic rings. The number of alkyl halides is 1. The van der Waals surface area contributed by atoms with Gasteiger partial charge in [-0.2, -0.15) is 0 Å². The molecule has 0 aliphatic carbocycles. The monoisotopic (exact) mass is 231 g/mol. The molecule has 0 saturated carbocycles. The highest BCUT2D eigenvalue weighted by atomic mass is 127. The minimum Gasteiger partial charge on any atom is -0.0662 e. The van der Waals surface area contributed by atoms with Crippen molar-refractivity contribution in [3.8, 4) is 0 Å². The van der Waals surface area contributed by atoms with Crippen LogP contribution in [-0.4, -0.2) is 4.43 Å². The second-order valence-electron chi connectivity index (χ2n) is 1.77. The summed E-state index contributed by atoms with van der Waals surface area (Å²) in [6.07, 6.45) is 2.19. The predicted molar refractivity (Wildman–Crippen MR) is 48.7 cm³/mol. The molecule has 0 nitrogen and oxygen atoms in total. The lowest BCUT2D eigenvalue weighted by molar-refractivity contribution is 1.46. The topological polar surface area (TPSA) is 0 Å². The van der Waals surface area contributed by atoms with Crippen LogP contribution in [-0.2, 0) is 0 Å². The summed E-state index contributed by atoms with van der Waals surface area (Å²) in [4.78, 5) is 0. The van der Waals surface area contributed by atoms with E-state index in [4.69, 9.17) is 0 Å². The lowest BCUT2D eigenvalue weighted by Gasteiger charge is -1.83. The highest BCUT2D eigenvalue weighted by Gasteiger charge is 1.95. The molecule has 0 unspecified atom stereocenters. The summed E-state index contributed by atoms with van der Waals surface area (Å²) in [7, 11) is 0. The molecule has 0 fully saturated rings. The molecular formula is C8H8I+. The molecular weight excluding hydrogens is 223 g/mol. The van der Waals surface area contributed by atoms with Crippen molar-refractivity contribution in [1.29, 1.82) is 0 Å². The predicted octanol–water partition coefficient (Wildman–Crippen LogP) is 2.67. The minimum absolute atomic E-state index is 1.09. The minimum atomic E-state index is 1.09. The van der Waals surface area contributed by atoms with Gasteiger partial charge in [0.25, 0.3) is 0 Å². The molecule has 0 heterocycles. The molecule has 0 spiro atoms. The highest BCUT2D eigenvalue weighted by molar-refractivity contribution is 14.1. The van der Waals surface area contributed by atoms with Gasteiger partial charge in [-0.1, -0.05) is 22.6 Å². The molecule has 0 bridgehead atoms. The van der Waals surface area contributed by atoms with Crippen molar-refractivity contribution in [3.05, 3.63) is 42.3 Å². The third-order valence-electron chi connectivity index (χ3n) is 1.11. The largest absolute Gasteiger partial charge is 0.130 e. The average molecular weight is 231 g/mol. The van der Waals surface area contributed by atoms with Gasteiger partial charge < -0.3 is 0 Å². The van der Waals surface area contributed by atoms with Gasteiger partial charge in [0.1, 0.15) is 5.56 Å². The Balaban J connectivity index is 2.61. The standard InChI is InChI=1S/C8H8I/c9-7-6-8-4-2-1-3-5-8/h1-6H,7H2/q+1. The van der Waals surface area contributed by atoms with E-state index in [0.29, 0.717) is 0 Å². The van der Waals surface area contributed by atoms with Crippen LogP contribution in [0.25, 0.3) is 0 Å². The van der Waals surface area contributed by atoms with Crippen molar-refractivity contribution in [2.75, 3.05) is 4.43 Å². The first-order valence-corrected chi connectivity index (χ1v) is 4.40. The van der Waals surface area contributed by atoms with E-state index in [-0.39, 0.29) is 0 Å². The molecule has 1 rings (SSSR count). The molecule has 0 radical (unpaired) electrons. The Kier molecular flexibility index (Phi) is 2.91. The van der Waals surface area contributed by atoms with Crippen LogP contribution in [0.4, 0.5) is 0 Å². The number of halogens is 1. The van der Waals surface area contributed by atoms with Crippen LogP contribution in [0, 0.1) is 6.42 Å². The van der Waals surface area contributed by atoms with Crippen molar-refractivity contribution < 1.29 is 0 Å². The lowest BCUT2D eigenvalue weighted by atomic mass is 10.2. The van der Waals surface area contributed by atoms with Crippen LogP contribution in [0.2, 0.25) is 0 Å². The first-order chi connectivity index (χ1) is 4.43. The molecule has 0 N–H and O–H groups in total. The fourth-order valence-electron chi connectivity index (χ4n) is 0.678. The lowest BCUT2D eigenvalue weighted by Crippen LogP contribution is -1.78. The Hall–Kier alpha value is -0.180. The number of hydrogen-bond donors (Lipinski definition) is 0. The van der Waals surface area contributed by atoms with Crippen LogP contribution < -0.4 is 0 Å². The maximum atomic E-state index is 2.34. The molecule has 46 valence electrons. The quantitative estimate of drug-likeness (QED) is 0.417. The average Bonchev–Trinajstić information content (AvgIpc) is 1.91. The zero-order valence-corrected chi connectivity index (χ0v) is 7.21. The van der Waals surface area contributed by atoms with Crippen LogP contribution in [0.3, 0.4) is 0 Å². The molecule has 0 amide bonds. The third-order valence-corrected chi connectivity index (χ3v) is 1.55. The molecule has 0 atom stereocenters. The third kappa shape index (κ3) is 2.26. The van der Waals surface area contributed by atoms with Crippen molar-refractivity contribution in [1.82, 2.24) is 0 Å². The zero-order chi connectivity index (χ0) is 6.53. The van der Waals surface area contributed by atoms with E-state index < -0.39 is 0 Å². The zero-order valence-electron chi connectivity index (χ0n) is 5.05. The smallest absolute Gasteiger partial charge is 0.0662 e. The van der Waals surface area contributed by atoms with Crippen LogP contribution in [0.1, 0.15) is 5.56 Å². The Labute approximate surface area is 69.4 Å². The molecule has 1 aromatic carbocycles. The van der Waals surface area contributed by atoms with Gasteiger partial charge in [-0.15, -0.1) is 0 Å². The van der Waals surface area contributed by atoms with Crippen LogP contribution >= 0.6 is 22.6 Å². The Bertz CT molecular complexity index is 157. The summed E-state index contributed by atoms with van der Waals surface area (Å²) in [6, 6.07) is 10.4. The van der Waals surface area contributed by atoms with Gasteiger partial charge in [0.2, 0.25) is 0 Å². The van der Waals surface area contributed by atoms with Crippen molar-refractivity contribution in [2.45, 2.75) is 0 Å². The van der Waals surface area contributed by atoms with E-state index in [0.717, 1.165) is 4.43 Å². The second kappa shape index (κ2) is 3.77. The molecule has 0 aromatic heterocycles. The Morgan fingerprint density at radius 1 is 1.22 bits per heavy atom. The van der Waals surface area contributed by atoms with E-state index in [2.05, 4.69) is 53.3 Å². The number of rotatable bonds is 2. The van der Waals surface area contributed by atoms with Crippen LogP contribution in [0.5, 0.6) is 0 Å². The van der Waals surface area contributed by atoms with E-state index in [1.807, 2.05) is 6.07 Å². The first kappa shape index (κ1) is 6.93. The van der Waals surface area contributed by atoms with E-state index in [9.17, 15) is 0 Å². The molecule has 0 saturated heterocycles. The van der Waals surface area contributed by atoms with E-state index >= 15 is 0 Å². The summed E-state index contributed by atoms with van der Waals surface area (Å²) >= 11 is 2.34. The van der Waals surface area contributed by atoms with Gasteiger partial charge in [-0.25, -0.2) is 0 Å². The van der Waals surface area contributed by atoms with Gasteiger partial charge in [-0.3, -0.25) is 0 Å². The highest BCUT2D eigenvalue weighted by Crippen LogP contribution is 2.02. The molecule has 0 aliphatic heterocycles. The van der Waals surface area contributed by atoms with Gasteiger partial charge in [0.05, 0.1) is 4.43 Å². The summed E-state index contributed by atoms with van der Waals surface area (Å²) in [6.45, 7) is 0. The van der Waals surface area contributed by atoms with Gasteiger partial charge in [0.15, 0.2) is 0 Å². The molecule has 9 heavy (non-hydrogen) atoms. The van der Waals surface area contributed by atoms with Crippen LogP contribution in [0.15, 0.2) is 30.3 Å². The number of benzene rings is 1. The summed E-state index contributed by atoms with van der Waals surface area (Å²) < 4.78 is 1.09. The number of hydrogen-bond acceptors (Lipinski definition) is 0.